The summed E-state index contributed by atoms with van der Waals surface area (Å²) in [6, 6.07) is 7.81. The summed E-state index contributed by atoms with van der Waals surface area (Å²) in [5.41, 5.74) is 1.96. The van der Waals surface area contributed by atoms with Gasteiger partial charge in [-0.05, 0) is 37.8 Å². The quantitative estimate of drug-likeness (QED) is 0.759. The van der Waals surface area contributed by atoms with Crippen LogP contribution < -0.4 is 10.2 Å². The predicted molar refractivity (Wildman–Crippen MR) is 99.8 cm³/mol. The van der Waals surface area contributed by atoms with Gasteiger partial charge in [-0.3, -0.25) is 14.4 Å². The molecule has 6 nitrogen and oxygen atoms in total. The minimum Gasteiger partial charge on any atom is -0.452 e. The van der Waals surface area contributed by atoms with E-state index >= 15 is 0 Å². The Hall–Kier alpha value is -2.37. The Morgan fingerprint density at radius 1 is 1.27 bits per heavy atom. The van der Waals surface area contributed by atoms with Crippen LogP contribution in [0.25, 0.3) is 0 Å². The lowest BCUT2D eigenvalue weighted by Gasteiger charge is -2.23. The maximum absolute atomic E-state index is 12.5. The van der Waals surface area contributed by atoms with Crippen LogP contribution in [0.5, 0.6) is 0 Å². The van der Waals surface area contributed by atoms with E-state index < -0.39 is 18.0 Å². The number of carbonyl (C=O) groups excluding carboxylic acids is 3. The molecule has 1 heterocycles. The Kier molecular flexibility index (Phi) is 6.77. The van der Waals surface area contributed by atoms with Gasteiger partial charge in [-0.1, -0.05) is 32.0 Å². The van der Waals surface area contributed by atoms with E-state index in [0.29, 0.717) is 12.5 Å². The topological polar surface area (TPSA) is 75.7 Å². The zero-order chi connectivity index (χ0) is 19.3. The molecule has 1 N–H and O–H groups in total. The number of benzene rings is 1. The molecule has 0 spiro atoms. The third kappa shape index (κ3) is 4.42. The number of amides is 2. The van der Waals surface area contributed by atoms with Gasteiger partial charge in [0.25, 0.3) is 5.91 Å². The van der Waals surface area contributed by atoms with Crippen molar-refractivity contribution < 1.29 is 19.1 Å². The maximum Gasteiger partial charge on any atom is 0.312 e. The van der Waals surface area contributed by atoms with E-state index in [9.17, 15) is 14.4 Å². The fraction of sp³-hybridized carbons (Fsp3) is 0.550. The van der Waals surface area contributed by atoms with Crippen LogP contribution in [0.2, 0.25) is 0 Å². The third-order valence-electron chi connectivity index (χ3n) is 4.84. The SMILES string of the molecule is CCNC(=O)[C@H](C)OC(=O)[C@H]1CC(=O)N(c2ccccc2[C@@H](C)CC)C1. The molecule has 0 saturated carbocycles. The first-order valence-electron chi connectivity index (χ1n) is 9.26. The molecule has 26 heavy (non-hydrogen) atoms. The summed E-state index contributed by atoms with van der Waals surface area (Å²) in [5, 5.41) is 2.62. The number of esters is 1. The van der Waals surface area contributed by atoms with Crippen LogP contribution in [-0.4, -0.2) is 37.0 Å². The van der Waals surface area contributed by atoms with Crippen molar-refractivity contribution >= 4 is 23.5 Å². The number of hydrogen-bond acceptors (Lipinski definition) is 4. The summed E-state index contributed by atoms with van der Waals surface area (Å²) in [5.74, 6) is -1.15. The van der Waals surface area contributed by atoms with Crippen molar-refractivity contribution in [2.24, 2.45) is 5.92 Å². The summed E-state index contributed by atoms with van der Waals surface area (Å²) in [6.45, 7) is 8.33. The number of nitrogens with one attached hydrogen (secondary N) is 1. The third-order valence-corrected chi connectivity index (χ3v) is 4.84. The van der Waals surface area contributed by atoms with Crippen molar-refractivity contribution in [3.63, 3.8) is 0 Å². The molecule has 1 aromatic rings. The van der Waals surface area contributed by atoms with E-state index in [0.717, 1.165) is 17.7 Å². The highest BCUT2D eigenvalue weighted by Crippen LogP contribution is 2.33. The first kappa shape index (κ1) is 19.9. The van der Waals surface area contributed by atoms with Crippen LogP contribution in [-0.2, 0) is 19.1 Å². The number of hydrogen-bond donors (Lipinski definition) is 1. The first-order chi connectivity index (χ1) is 12.4. The molecule has 0 aromatic heterocycles. The average molecular weight is 360 g/mol. The minimum absolute atomic E-state index is 0.0895. The Bertz CT molecular complexity index is 674. The molecule has 1 aromatic carbocycles. The highest BCUT2D eigenvalue weighted by Gasteiger charge is 2.38. The van der Waals surface area contributed by atoms with Gasteiger partial charge in [0, 0.05) is 25.2 Å². The van der Waals surface area contributed by atoms with Crippen molar-refractivity contribution in [2.45, 2.75) is 52.6 Å². The molecule has 0 unspecified atom stereocenters. The zero-order valence-electron chi connectivity index (χ0n) is 16.0. The summed E-state index contributed by atoms with van der Waals surface area (Å²) in [6.07, 6.45) is 0.212. The molecule has 2 rings (SSSR count). The standard InChI is InChI=1S/C20H28N2O4/c1-5-13(3)16-9-7-8-10-17(16)22-12-15(11-18(22)23)20(25)26-14(4)19(24)21-6-2/h7-10,13-15H,5-6,11-12H2,1-4H3,(H,21,24)/t13-,14-,15-/m0/s1. The second kappa shape index (κ2) is 8.83. The molecule has 1 saturated heterocycles. The van der Waals surface area contributed by atoms with Crippen LogP contribution in [0.4, 0.5) is 5.69 Å². The van der Waals surface area contributed by atoms with E-state index in [-0.39, 0.29) is 24.8 Å². The van der Waals surface area contributed by atoms with Gasteiger partial charge in [0.2, 0.25) is 5.91 Å². The molecule has 0 bridgehead atoms. The highest BCUT2D eigenvalue weighted by molar-refractivity contribution is 6.00. The Balaban J connectivity index is 2.09. The molecular weight excluding hydrogens is 332 g/mol. The number of likely N-dealkylation sites (N-methyl/N-ethyl adjacent to an activating group) is 1. The average Bonchev–Trinajstić information content (AvgIpc) is 3.03. The summed E-state index contributed by atoms with van der Waals surface area (Å²) in [7, 11) is 0. The van der Waals surface area contributed by atoms with Gasteiger partial charge in [-0.15, -0.1) is 0 Å². The Labute approximate surface area is 154 Å². The first-order valence-corrected chi connectivity index (χ1v) is 9.26. The second-order valence-electron chi connectivity index (χ2n) is 6.75. The Morgan fingerprint density at radius 2 is 1.96 bits per heavy atom. The Morgan fingerprint density at radius 3 is 2.62 bits per heavy atom. The fourth-order valence-corrected chi connectivity index (χ4v) is 3.11. The minimum atomic E-state index is -0.862. The molecule has 1 fully saturated rings. The van der Waals surface area contributed by atoms with E-state index in [1.165, 1.54) is 6.92 Å². The molecular formula is C20H28N2O4. The van der Waals surface area contributed by atoms with Crippen LogP contribution in [0, 0.1) is 5.92 Å². The lowest BCUT2D eigenvalue weighted by Crippen LogP contribution is -2.37. The van der Waals surface area contributed by atoms with Gasteiger partial charge in [-0.25, -0.2) is 0 Å². The fourth-order valence-electron chi connectivity index (χ4n) is 3.11. The van der Waals surface area contributed by atoms with Crippen LogP contribution in [0.1, 0.15) is 52.0 Å². The van der Waals surface area contributed by atoms with E-state index in [4.69, 9.17) is 4.74 Å². The highest BCUT2D eigenvalue weighted by atomic mass is 16.5. The van der Waals surface area contributed by atoms with Gasteiger partial charge in [0.05, 0.1) is 5.92 Å². The molecule has 0 radical (unpaired) electrons. The molecule has 142 valence electrons. The van der Waals surface area contributed by atoms with Gasteiger partial charge in [0.15, 0.2) is 6.10 Å². The number of nitrogens with zero attached hydrogens (tertiary/aromatic N) is 1. The smallest absolute Gasteiger partial charge is 0.312 e. The van der Waals surface area contributed by atoms with Crippen LogP contribution in [0.15, 0.2) is 24.3 Å². The number of rotatable bonds is 7. The summed E-state index contributed by atoms with van der Waals surface area (Å²) < 4.78 is 5.25. The molecule has 2 amide bonds. The zero-order valence-corrected chi connectivity index (χ0v) is 16.0. The summed E-state index contributed by atoms with van der Waals surface area (Å²) in [4.78, 5) is 38.3. The van der Waals surface area contributed by atoms with Gasteiger partial charge < -0.3 is 15.0 Å². The predicted octanol–water partition coefficient (Wildman–Crippen LogP) is 2.62. The van der Waals surface area contributed by atoms with E-state index in [1.807, 2.05) is 24.3 Å². The van der Waals surface area contributed by atoms with Crippen LogP contribution in [0.3, 0.4) is 0 Å². The molecule has 6 heteroatoms. The lowest BCUT2D eigenvalue weighted by molar-refractivity contribution is -0.158. The molecule has 1 aliphatic heterocycles. The number of anilines is 1. The number of para-hydroxylation sites is 1. The number of carbonyl (C=O) groups is 3. The largest absolute Gasteiger partial charge is 0.452 e. The molecule has 1 aliphatic rings. The van der Waals surface area contributed by atoms with Gasteiger partial charge >= 0.3 is 5.97 Å². The summed E-state index contributed by atoms with van der Waals surface area (Å²) >= 11 is 0. The van der Waals surface area contributed by atoms with Crippen molar-refractivity contribution in [3.05, 3.63) is 29.8 Å². The van der Waals surface area contributed by atoms with Crippen molar-refractivity contribution in [3.8, 4) is 0 Å². The van der Waals surface area contributed by atoms with E-state index in [1.54, 1.807) is 11.8 Å². The normalized spacial score (nSPS) is 19.2. The van der Waals surface area contributed by atoms with Crippen LogP contribution >= 0.6 is 0 Å². The second-order valence-corrected chi connectivity index (χ2v) is 6.75. The molecule has 0 aliphatic carbocycles. The maximum atomic E-state index is 12.5. The van der Waals surface area contributed by atoms with Crippen molar-refractivity contribution in [1.82, 2.24) is 5.32 Å². The lowest BCUT2D eigenvalue weighted by atomic mass is 9.96. The number of ether oxygens (including phenoxy) is 1. The molecule has 3 atom stereocenters. The van der Waals surface area contributed by atoms with Crippen molar-refractivity contribution in [1.29, 1.82) is 0 Å². The van der Waals surface area contributed by atoms with E-state index in [2.05, 4.69) is 19.2 Å². The van der Waals surface area contributed by atoms with Gasteiger partial charge in [0.1, 0.15) is 0 Å². The van der Waals surface area contributed by atoms with Crippen molar-refractivity contribution in [2.75, 3.05) is 18.0 Å². The monoisotopic (exact) mass is 360 g/mol. The van der Waals surface area contributed by atoms with Gasteiger partial charge in [-0.2, -0.15) is 0 Å².